The van der Waals surface area contributed by atoms with E-state index in [0.29, 0.717) is 0 Å². The third kappa shape index (κ3) is 3.19. The molecule has 0 spiro atoms. The van der Waals surface area contributed by atoms with E-state index < -0.39 is 0 Å². The molecule has 1 aromatic heterocycles. The van der Waals surface area contributed by atoms with Crippen molar-refractivity contribution < 1.29 is 21.2 Å². The summed E-state index contributed by atoms with van der Waals surface area (Å²) in [4.78, 5) is 4.15. The van der Waals surface area contributed by atoms with Gasteiger partial charge in [0.05, 0.1) is 11.2 Å². The Balaban J connectivity index is 2.36. The van der Waals surface area contributed by atoms with E-state index in [9.17, 15) is 0 Å². The Bertz CT molecular complexity index is 529. The predicted molar refractivity (Wildman–Crippen MR) is 67.3 cm³/mol. The molecule has 0 atom stereocenters. The van der Waals surface area contributed by atoms with Crippen LogP contribution < -0.4 is 21.2 Å². The molecule has 0 bridgehead atoms. The SMILES string of the molecule is Cc1cc(C)c([I+]c2cncc(Cl)c2)c(C)c1. The number of rotatable bonds is 2. The number of benzene rings is 1. The van der Waals surface area contributed by atoms with Gasteiger partial charge in [0.25, 0.3) is 0 Å². The highest BCUT2D eigenvalue weighted by molar-refractivity contribution is 6.30. The molecule has 2 rings (SSSR count). The highest BCUT2D eigenvalue weighted by Crippen LogP contribution is 2.08. The summed E-state index contributed by atoms with van der Waals surface area (Å²) in [5, 5.41) is 0.726. The summed E-state index contributed by atoms with van der Waals surface area (Å²) < 4.78 is 2.75. The van der Waals surface area contributed by atoms with Crippen LogP contribution >= 0.6 is 11.6 Å². The summed E-state index contributed by atoms with van der Waals surface area (Å²) in [5.74, 6) is 0. The van der Waals surface area contributed by atoms with Gasteiger partial charge in [-0.3, -0.25) is 4.98 Å². The van der Waals surface area contributed by atoms with Gasteiger partial charge in [0.1, 0.15) is 0 Å². The Kier molecular flexibility index (Phi) is 4.05. The zero-order valence-electron chi connectivity index (χ0n) is 10.1. The Morgan fingerprint density at radius 1 is 1.00 bits per heavy atom. The van der Waals surface area contributed by atoms with Crippen LogP contribution in [0.4, 0.5) is 0 Å². The van der Waals surface area contributed by atoms with Gasteiger partial charge < -0.3 is 0 Å². The van der Waals surface area contributed by atoms with E-state index in [4.69, 9.17) is 11.6 Å². The van der Waals surface area contributed by atoms with Crippen LogP contribution in [0.15, 0.2) is 30.6 Å². The standard InChI is InChI=1S/C14H14ClIN/c1-9-4-10(2)14(11(3)5-9)16-13-6-12(15)7-17-8-13/h4-8H,1-3H3/q+1. The first-order valence-corrected chi connectivity index (χ1v) is 7.93. The number of hydrogen-bond acceptors (Lipinski definition) is 1. The van der Waals surface area contributed by atoms with Crippen LogP contribution in [0.1, 0.15) is 16.7 Å². The normalized spacial score (nSPS) is 10.6. The summed E-state index contributed by atoms with van der Waals surface area (Å²) in [6.45, 7) is 6.52. The number of aromatic nitrogens is 1. The first-order valence-electron chi connectivity index (χ1n) is 5.39. The van der Waals surface area contributed by atoms with Crippen molar-refractivity contribution in [2.75, 3.05) is 0 Å². The van der Waals surface area contributed by atoms with Gasteiger partial charge in [0, 0.05) is 23.4 Å². The van der Waals surface area contributed by atoms with Crippen molar-refractivity contribution in [3.05, 3.63) is 59.4 Å². The van der Waals surface area contributed by atoms with Crippen LogP contribution in [-0.4, -0.2) is 4.98 Å². The lowest BCUT2D eigenvalue weighted by Crippen LogP contribution is -3.62. The Labute approximate surface area is 117 Å². The molecule has 1 heterocycles. The molecule has 2 aromatic rings. The lowest BCUT2D eigenvalue weighted by Gasteiger charge is -2.00. The smallest absolute Gasteiger partial charge is 0.258 e. The topological polar surface area (TPSA) is 12.9 Å². The molecule has 0 unspecified atom stereocenters. The summed E-state index contributed by atoms with van der Waals surface area (Å²) >= 11 is 5.78. The molecule has 0 radical (unpaired) electrons. The van der Waals surface area contributed by atoms with Crippen LogP contribution in [-0.2, 0) is 0 Å². The molecule has 0 amide bonds. The maximum absolute atomic E-state index is 5.97. The lowest BCUT2D eigenvalue weighted by atomic mass is 10.1. The molecule has 0 saturated heterocycles. The second kappa shape index (κ2) is 5.36. The van der Waals surface area contributed by atoms with Gasteiger partial charge in [-0.15, -0.1) is 0 Å². The fourth-order valence-electron chi connectivity index (χ4n) is 1.86. The van der Waals surface area contributed by atoms with Crippen molar-refractivity contribution in [1.29, 1.82) is 0 Å². The number of pyridine rings is 1. The van der Waals surface area contributed by atoms with Crippen molar-refractivity contribution in [2.45, 2.75) is 20.8 Å². The molecule has 17 heavy (non-hydrogen) atoms. The van der Waals surface area contributed by atoms with Crippen molar-refractivity contribution in [3.63, 3.8) is 0 Å². The number of halogens is 2. The van der Waals surface area contributed by atoms with E-state index in [1.807, 2.05) is 12.3 Å². The molecule has 3 heteroatoms. The Morgan fingerprint density at radius 3 is 2.24 bits per heavy atom. The summed E-state index contributed by atoms with van der Waals surface area (Å²) in [7, 11) is 0. The molecule has 0 N–H and O–H groups in total. The number of nitrogens with zero attached hydrogens (tertiary/aromatic N) is 1. The van der Waals surface area contributed by atoms with Crippen LogP contribution in [0, 0.1) is 27.9 Å². The minimum Gasteiger partial charge on any atom is -0.258 e. The quantitative estimate of drug-likeness (QED) is 0.724. The van der Waals surface area contributed by atoms with Crippen molar-refractivity contribution >= 4 is 11.6 Å². The molecule has 0 saturated carbocycles. The van der Waals surface area contributed by atoms with E-state index in [0.717, 1.165) is 5.02 Å². The largest absolute Gasteiger partial charge is 0.360 e. The summed E-state index contributed by atoms with van der Waals surface area (Å²) in [6.07, 6.45) is 3.61. The number of hydrogen-bond donors (Lipinski definition) is 0. The predicted octanol–water partition coefficient (Wildman–Crippen LogP) is 0.789. The molecule has 0 aliphatic carbocycles. The van der Waals surface area contributed by atoms with Crippen molar-refractivity contribution in [3.8, 4) is 0 Å². The van der Waals surface area contributed by atoms with Gasteiger partial charge in [0.2, 0.25) is 3.57 Å². The first kappa shape index (κ1) is 12.8. The number of aryl methyl sites for hydroxylation is 3. The van der Waals surface area contributed by atoms with E-state index in [2.05, 4.69) is 37.9 Å². The van der Waals surface area contributed by atoms with Gasteiger partial charge in [-0.25, -0.2) is 0 Å². The highest BCUT2D eigenvalue weighted by Gasteiger charge is 2.21. The molecule has 1 nitrogen and oxygen atoms in total. The monoisotopic (exact) mass is 358 g/mol. The fraction of sp³-hybridized carbons (Fsp3) is 0.214. The highest BCUT2D eigenvalue weighted by atomic mass is 127. The lowest BCUT2D eigenvalue weighted by molar-refractivity contribution is -0.599. The Hall–Kier alpha value is -0.610. The second-order valence-corrected chi connectivity index (χ2v) is 7.43. The minimum atomic E-state index is -0.191. The molecular formula is C14H14ClIN+. The maximum Gasteiger partial charge on any atom is 0.360 e. The molecule has 0 fully saturated rings. The van der Waals surface area contributed by atoms with Crippen LogP contribution in [0.25, 0.3) is 0 Å². The van der Waals surface area contributed by atoms with Gasteiger partial charge in [-0.2, -0.15) is 0 Å². The van der Waals surface area contributed by atoms with E-state index in [-0.39, 0.29) is 21.2 Å². The summed E-state index contributed by atoms with van der Waals surface area (Å²) in [6, 6.07) is 6.53. The van der Waals surface area contributed by atoms with Crippen LogP contribution in [0.5, 0.6) is 0 Å². The van der Waals surface area contributed by atoms with E-state index >= 15 is 0 Å². The maximum atomic E-state index is 5.97. The minimum absolute atomic E-state index is 0.191. The van der Waals surface area contributed by atoms with Crippen molar-refractivity contribution in [2.24, 2.45) is 0 Å². The molecule has 88 valence electrons. The third-order valence-electron chi connectivity index (χ3n) is 2.46. The molecule has 1 aromatic carbocycles. The van der Waals surface area contributed by atoms with Gasteiger partial charge in [-0.05, 0) is 20.8 Å². The van der Waals surface area contributed by atoms with Gasteiger partial charge >= 0.3 is 21.2 Å². The van der Waals surface area contributed by atoms with Crippen LogP contribution in [0.3, 0.4) is 0 Å². The van der Waals surface area contributed by atoms with Crippen molar-refractivity contribution in [1.82, 2.24) is 4.98 Å². The zero-order valence-corrected chi connectivity index (χ0v) is 13.0. The Morgan fingerprint density at radius 2 is 1.65 bits per heavy atom. The molecular weight excluding hydrogens is 345 g/mol. The first-order chi connectivity index (χ1) is 8.06. The van der Waals surface area contributed by atoms with Gasteiger partial charge in [-0.1, -0.05) is 29.3 Å². The van der Waals surface area contributed by atoms with E-state index in [1.165, 1.54) is 23.8 Å². The summed E-state index contributed by atoms with van der Waals surface area (Å²) in [5.41, 5.74) is 4.10. The zero-order chi connectivity index (χ0) is 12.4. The average Bonchev–Trinajstić information content (AvgIpc) is 2.23. The molecule has 0 aliphatic heterocycles. The molecule has 0 aliphatic rings. The fourth-order valence-corrected chi connectivity index (χ4v) is 4.79. The second-order valence-electron chi connectivity index (χ2n) is 4.13. The van der Waals surface area contributed by atoms with Gasteiger partial charge in [0.15, 0.2) is 3.57 Å². The average molecular weight is 359 g/mol. The third-order valence-corrected chi connectivity index (χ3v) is 6.12. The van der Waals surface area contributed by atoms with Crippen LogP contribution in [0.2, 0.25) is 5.02 Å². The van der Waals surface area contributed by atoms with E-state index in [1.54, 1.807) is 6.20 Å².